The minimum atomic E-state index is -3.34. The van der Waals surface area contributed by atoms with E-state index in [1.165, 1.54) is 6.07 Å². The number of aromatic nitrogens is 3. The van der Waals surface area contributed by atoms with Gasteiger partial charge in [-0.05, 0) is 18.2 Å². The number of nitrogens with zero attached hydrogens (tertiary/aromatic N) is 4. The van der Waals surface area contributed by atoms with Crippen LogP contribution in [0.1, 0.15) is 10.4 Å². The number of carbonyl (C=O) groups is 1. The van der Waals surface area contributed by atoms with Crippen LogP contribution in [0.3, 0.4) is 0 Å². The number of hydrogen-bond donors (Lipinski definition) is 0. The Balaban J connectivity index is 1.75. The van der Waals surface area contributed by atoms with Crippen molar-refractivity contribution in [2.75, 3.05) is 32.6 Å². The molecular weight excluding hydrogens is 368 g/mol. The summed E-state index contributed by atoms with van der Waals surface area (Å²) in [6, 6.07) is 9.97. The Kier molecular flexibility index (Phi) is 4.50. The van der Waals surface area contributed by atoms with Gasteiger partial charge in [0.25, 0.3) is 5.91 Å². The molecule has 2 aromatic heterocycles. The van der Waals surface area contributed by atoms with Gasteiger partial charge in [0, 0.05) is 30.9 Å². The van der Waals surface area contributed by atoms with Gasteiger partial charge in [-0.2, -0.15) is 0 Å². The predicted octanol–water partition coefficient (Wildman–Crippen LogP) is 1.49. The van der Waals surface area contributed by atoms with E-state index < -0.39 is 10.2 Å². The fourth-order valence-corrected chi connectivity index (χ4v) is 3.70. The Labute approximate surface area is 157 Å². The van der Waals surface area contributed by atoms with Crippen molar-refractivity contribution in [3.8, 4) is 11.4 Å². The van der Waals surface area contributed by atoms with Crippen LogP contribution in [0.2, 0.25) is 0 Å². The van der Waals surface area contributed by atoms with Crippen LogP contribution in [0.5, 0.6) is 0 Å². The van der Waals surface area contributed by atoms with Gasteiger partial charge in [-0.25, -0.2) is 0 Å². The summed E-state index contributed by atoms with van der Waals surface area (Å²) < 4.78 is 30.7. The molecule has 140 valence electrons. The minimum absolute atomic E-state index is 0.0789. The number of benzene rings is 1. The average Bonchev–Trinajstić information content (AvgIpc) is 3.11. The Bertz CT molecular complexity index is 1050. The number of ether oxygens (including phenoxy) is 1. The van der Waals surface area contributed by atoms with Crippen molar-refractivity contribution < 1.29 is 18.3 Å². The molecule has 8 nitrogen and oxygen atoms in total. The summed E-state index contributed by atoms with van der Waals surface area (Å²) in [5.74, 6) is 0.400. The van der Waals surface area contributed by atoms with E-state index in [4.69, 9.17) is 4.74 Å². The molecule has 3 aromatic rings. The molecule has 1 aromatic carbocycles. The molecule has 4 rings (SSSR count). The van der Waals surface area contributed by atoms with E-state index >= 15 is 0 Å². The highest BCUT2D eigenvalue weighted by molar-refractivity contribution is 7.97. The first-order chi connectivity index (χ1) is 12.9. The van der Waals surface area contributed by atoms with E-state index in [0.717, 1.165) is 6.26 Å². The lowest BCUT2D eigenvalue weighted by molar-refractivity contribution is 0.0302. The van der Waals surface area contributed by atoms with Gasteiger partial charge in [-0.3, -0.25) is 9.20 Å². The second kappa shape index (κ2) is 6.84. The van der Waals surface area contributed by atoms with E-state index in [1.807, 2.05) is 0 Å². The van der Waals surface area contributed by atoms with Crippen LogP contribution in [0.4, 0.5) is 0 Å². The first kappa shape index (κ1) is 17.8. The highest BCUT2D eigenvalue weighted by atomic mass is 32.3. The summed E-state index contributed by atoms with van der Waals surface area (Å²) in [7, 11) is -3.34. The van der Waals surface area contributed by atoms with Gasteiger partial charge in [0.1, 0.15) is 6.26 Å². The Hall–Kier alpha value is -2.62. The summed E-state index contributed by atoms with van der Waals surface area (Å²) >= 11 is 0. The fourth-order valence-electron chi connectivity index (χ4n) is 3.03. The molecule has 1 aliphatic rings. The fraction of sp³-hybridized carbons (Fsp3) is 0.278. The molecule has 1 aliphatic heterocycles. The quantitative estimate of drug-likeness (QED) is 0.632. The number of carbonyl (C=O) groups excluding carboxylic acids is 1. The molecule has 9 heteroatoms. The molecule has 1 atom stereocenters. The van der Waals surface area contributed by atoms with Gasteiger partial charge in [0.15, 0.2) is 16.4 Å². The number of rotatable bonds is 3. The second-order valence-electron chi connectivity index (χ2n) is 6.37. The molecule has 0 bridgehead atoms. The number of sulfone groups is 1. The lowest BCUT2D eigenvalue weighted by Crippen LogP contribution is -2.40. The third-order valence-electron chi connectivity index (χ3n) is 4.47. The largest absolute Gasteiger partial charge is 0.610 e. The summed E-state index contributed by atoms with van der Waals surface area (Å²) in [5, 5.41) is 8.29. The van der Waals surface area contributed by atoms with Crippen LogP contribution in [0.15, 0.2) is 47.5 Å². The number of amides is 1. The average molecular weight is 386 g/mol. The first-order valence-electron chi connectivity index (χ1n) is 8.46. The summed E-state index contributed by atoms with van der Waals surface area (Å²) in [6.07, 6.45) is 2.85. The van der Waals surface area contributed by atoms with E-state index in [0.29, 0.717) is 48.9 Å². The van der Waals surface area contributed by atoms with E-state index in [1.54, 1.807) is 45.8 Å². The standard InChI is InChI=1S/C18H18N4O4S/c1-27(24,25)15-4-2-3-13(11-15)17-20-19-16-6-5-14(12-22(16)17)18(23)21-7-9-26-10-8-21/h2-6,11-12H,7-10H2,1H3. The van der Waals surface area contributed by atoms with E-state index in [9.17, 15) is 13.6 Å². The zero-order chi connectivity index (χ0) is 19.0. The van der Waals surface area contributed by atoms with Gasteiger partial charge in [0.05, 0.1) is 29.0 Å². The van der Waals surface area contributed by atoms with Crippen molar-refractivity contribution in [1.82, 2.24) is 19.5 Å². The summed E-state index contributed by atoms with van der Waals surface area (Å²) in [4.78, 5) is 14.7. The zero-order valence-corrected chi connectivity index (χ0v) is 15.5. The van der Waals surface area contributed by atoms with Gasteiger partial charge < -0.3 is 14.2 Å². The molecule has 0 aliphatic carbocycles. The highest BCUT2D eigenvalue weighted by Gasteiger charge is 2.20. The first-order valence-corrected chi connectivity index (χ1v) is 10.3. The van der Waals surface area contributed by atoms with E-state index in [-0.39, 0.29) is 10.8 Å². The molecule has 0 saturated carbocycles. The molecular formula is C18H18N4O4S. The summed E-state index contributed by atoms with van der Waals surface area (Å²) in [6.45, 7) is 2.18. The van der Waals surface area contributed by atoms with Crippen molar-refractivity contribution in [2.45, 2.75) is 4.90 Å². The molecule has 1 unspecified atom stereocenters. The monoisotopic (exact) mass is 386 g/mol. The number of pyridine rings is 1. The van der Waals surface area contributed by atoms with Gasteiger partial charge in [0.2, 0.25) is 0 Å². The Morgan fingerprint density at radius 1 is 1.19 bits per heavy atom. The topological polar surface area (TPSA) is 99.9 Å². The van der Waals surface area contributed by atoms with Crippen LogP contribution in [0, 0.1) is 0 Å². The van der Waals surface area contributed by atoms with Gasteiger partial charge in [-0.1, -0.05) is 12.1 Å². The van der Waals surface area contributed by atoms with Gasteiger partial charge >= 0.3 is 0 Å². The normalized spacial score (nSPS) is 17.0. The van der Waals surface area contributed by atoms with Crippen molar-refractivity contribution in [3.63, 3.8) is 0 Å². The predicted molar refractivity (Wildman–Crippen MR) is 98.2 cm³/mol. The van der Waals surface area contributed by atoms with Crippen LogP contribution < -0.4 is 0 Å². The number of hydrogen-bond acceptors (Lipinski definition) is 6. The zero-order valence-electron chi connectivity index (χ0n) is 14.7. The second-order valence-corrected chi connectivity index (χ2v) is 8.39. The lowest BCUT2D eigenvalue weighted by atomic mass is 10.2. The maximum Gasteiger partial charge on any atom is 0.255 e. The SMILES string of the molecule is C[S+](=O)([O-])c1cccc(-c2nnc3ccc(C(=O)N4CCOCC4)cn23)c1. The van der Waals surface area contributed by atoms with Crippen LogP contribution in [0.25, 0.3) is 17.0 Å². The maximum atomic E-state index is 12.7. The highest BCUT2D eigenvalue weighted by Crippen LogP contribution is 2.24. The molecule has 0 radical (unpaired) electrons. The molecule has 0 N–H and O–H groups in total. The van der Waals surface area contributed by atoms with E-state index in [2.05, 4.69) is 10.2 Å². The van der Waals surface area contributed by atoms with Crippen LogP contribution in [-0.2, 0) is 19.2 Å². The number of fused-ring (bicyclic) bond motifs is 1. The molecule has 1 fully saturated rings. The van der Waals surface area contributed by atoms with Crippen molar-refractivity contribution >= 4 is 21.8 Å². The number of morpholine rings is 1. The third kappa shape index (κ3) is 3.48. The van der Waals surface area contributed by atoms with Crippen LogP contribution >= 0.6 is 0 Å². The molecule has 27 heavy (non-hydrogen) atoms. The van der Waals surface area contributed by atoms with Crippen LogP contribution in [-0.4, -0.2) is 62.5 Å². The van der Waals surface area contributed by atoms with Gasteiger partial charge in [-0.15, -0.1) is 14.4 Å². The lowest BCUT2D eigenvalue weighted by Gasteiger charge is -2.26. The molecule has 0 spiro atoms. The summed E-state index contributed by atoms with van der Waals surface area (Å²) in [5.41, 5.74) is 1.71. The Morgan fingerprint density at radius 3 is 2.70 bits per heavy atom. The van der Waals surface area contributed by atoms with Crippen molar-refractivity contribution in [3.05, 3.63) is 48.2 Å². The minimum Gasteiger partial charge on any atom is -0.610 e. The third-order valence-corrected chi connectivity index (χ3v) is 5.58. The molecule has 1 amide bonds. The van der Waals surface area contributed by atoms with Crippen molar-refractivity contribution in [2.24, 2.45) is 0 Å². The van der Waals surface area contributed by atoms with Crippen molar-refractivity contribution in [1.29, 1.82) is 0 Å². The Morgan fingerprint density at radius 2 is 1.96 bits per heavy atom. The smallest absolute Gasteiger partial charge is 0.255 e. The maximum absolute atomic E-state index is 12.7. The molecule has 1 saturated heterocycles. The molecule has 3 heterocycles.